The fraction of sp³-hybridized carbons (Fsp3) is 0.207. The largest absolute Gasteiger partial charge is 0.493 e. The number of anilines is 1. The maximum atomic E-state index is 12.8. The number of aromatic nitrogens is 1. The number of ketones is 1. The zero-order valence-corrected chi connectivity index (χ0v) is 21.9. The number of hydrogen-bond acceptors (Lipinski definition) is 6. The molecule has 8 heteroatoms. The quantitative estimate of drug-likeness (QED) is 0.175. The van der Waals surface area contributed by atoms with Crippen molar-refractivity contribution in [2.45, 2.75) is 12.8 Å². The zero-order chi connectivity index (χ0) is 26.4. The summed E-state index contributed by atoms with van der Waals surface area (Å²) in [6.45, 7) is 0. The molecule has 0 radical (unpaired) electrons. The molecule has 0 saturated heterocycles. The highest BCUT2D eigenvalue weighted by Crippen LogP contribution is 2.39. The van der Waals surface area contributed by atoms with Gasteiger partial charge in [-0.15, -0.1) is 0 Å². The number of H-pyrrole nitrogens is 1. The van der Waals surface area contributed by atoms with Crippen molar-refractivity contribution in [1.29, 1.82) is 0 Å². The molecule has 37 heavy (non-hydrogen) atoms. The Morgan fingerprint density at radius 1 is 0.892 bits per heavy atom. The van der Waals surface area contributed by atoms with Crippen molar-refractivity contribution >= 4 is 34.0 Å². The van der Waals surface area contributed by atoms with Crippen LogP contribution in [0.4, 0.5) is 5.69 Å². The fourth-order valence-electron chi connectivity index (χ4n) is 4.25. The maximum Gasteiger partial charge on any atom is 0.203 e. The number of benzene rings is 3. The second-order valence-electron chi connectivity index (χ2n) is 8.28. The first-order valence-corrected chi connectivity index (χ1v) is 12.1. The van der Waals surface area contributed by atoms with Gasteiger partial charge >= 0.3 is 0 Å². The number of ether oxygens (including phenoxy) is 4. The molecule has 0 bridgehead atoms. The van der Waals surface area contributed by atoms with Gasteiger partial charge in [0.05, 0.1) is 39.1 Å². The van der Waals surface area contributed by atoms with Crippen molar-refractivity contribution in [2.24, 2.45) is 0 Å². The van der Waals surface area contributed by atoms with Crippen LogP contribution in [0.5, 0.6) is 23.0 Å². The molecule has 0 aliphatic heterocycles. The number of allylic oxidation sites excluding steroid dienone is 1. The molecule has 2 N–H and O–H groups in total. The van der Waals surface area contributed by atoms with Gasteiger partial charge < -0.3 is 29.2 Å². The van der Waals surface area contributed by atoms with Crippen LogP contribution in [0.3, 0.4) is 0 Å². The molecule has 192 valence electrons. The number of halogens is 1. The smallest absolute Gasteiger partial charge is 0.203 e. The third-order valence-electron chi connectivity index (χ3n) is 6.06. The Morgan fingerprint density at radius 3 is 2.19 bits per heavy atom. The number of aromatic amines is 1. The van der Waals surface area contributed by atoms with E-state index in [-0.39, 0.29) is 5.78 Å². The van der Waals surface area contributed by atoms with Gasteiger partial charge in [0.1, 0.15) is 0 Å². The molecule has 3 aromatic carbocycles. The number of nitrogens with one attached hydrogen (secondary N) is 2. The number of carbonyl (C=O) groups excluding carboxylic acids is 1. The van der Waals surface area contributed by atoms with E-state index in [9.17, 15) is 4.79 Å². The van der Waals surface area contributed by atoms with Crippen molar-refractivity contribution in [3.63, 3.8) is 0 Å². The molecule has 1 aromatic heterocycles. The normalized spacial score (nSPS) is 11.1. The highest BCUT2D eigenvalue weighted by atomic mass is 35.5. The summed E-state index contributed by atoms with van der Waals surface area (Å²) in [5.74, 6) is 2.16. The lowest BCUT2D eigenvalue weighted by Crippen LogP contribution is -2.00. The molecule has 0 aliphatic rings. The summed E-state index contributed by atoms with van der Waals surface area (Å²) in [6.07, 6.45) is 6.23. The summed E-state index contributed by atoms with van der Waals surface area (Å²) in [5, 5.41) is 4.52. The van der Waals surface area contributed by atoms with Gasteiger partial charge in [0, 0.05) is 34.9 Å². The Kier molecular flexibility index (Phi) is 8.25. The van der Waals surface area contributed by atoms with Gasteiger partial charge in [-0.1, -0.05) is 29.8 Å². The van der Waals surface area contributed by atoms with Gasteiger partial charge in [0.25, 0.3) is 0 Å². The summed E-state index contributed by atoms with van der Waals surface area (Å²) < 4.78 is 21.8. The fourth-order valence-corrected chi connectivity index (χ4v) is 4.57. The average Bonchev–Trinajstić information content (AvgIpc) is 3.35. The van der Waals surface area contributed by atoms with Crippen molar-refractivity contribution in [3.8, 4) is 23.0 Å². The first-order valence-electron chi connectivity index (χ1n) is 11.7. The number of fused-ring (bicyclic) bond motifs is 1. The molecule has 0 fully saturated rings. The molecule has 4 aromatic rings. The number of methoxy groups -OCH3 is 4. The van der Waals surface area contributed by atoms with Crippen molar-refractivity contribution in [1.82, 2.24) is 4.98 Å². The van der Waals surface area contributed by atoms with Crippen molar-refractivity contribution in [3.05, 3.63) is 88.7 Å². The molecule has 1 heterocycles. The molecule has 0 atom stereocenters. The summed E-state index contributed by atoms with van der Waals surface area (Å²) in [6, 6.07) is 15.4. The highest BCUT2D eigenvalue weighted by molar-refractivity contribution is 6.32. The topological polar surface area (TPSA) is 81.8 Å². The number of carbonyl (C=O) groups is 1. The summed E-state index contributed by atoms with van der Waals surface area (Å²) >= 11 is 6.52. The number of rotatable bonds is 11. The van der Waals surface area contributed by atoms with Crippen LogP contribution in [0.25, 0.3) is 10.9 Å². The monoisotopic (exact) mass is 520 g/mol. The van der Waals surface area contributed by atoms with Crippen LogP contribution in [0, 0.1) is 0 Å². The van der Waals surface area contributed by atoms with E-state index in [1.807, 2.05) is 48.5 Å². The lowest BCUT2D eigenvalue weighted by atomic mass is 10.0. The van der Waals surface area contributed by atoms with Crippen LogP contribution in [0.2, 0.25) is 5.02 Å². The molecular weight excluding hydrogens is 492 g/mol. The molecule has 7 nitrogen and oxygen atoms in total. The minimum absolute atomic E-state index is 0.117. The van der Waals surface area contributed by atoms with Gasteiger partial charge in [-0.2, -0.15) is 0 Å². The molecular formula is C29H29ClN2O5. The zero-order valence-electron chi connectivity index (χ0n) is 21.2. The maximum absolute atomic E-state index is 12.8. The van der Waals surface area contributed by atoms with Crippen LogP contribution in [0.15, 0.2) is 67.0 Å². The van der Waals surface area contributed by atoms with Gasteiger partial charge in [-0.3, -0.25) is 4.79 Å². The molecule has 4 rings (SSSR count). The van der Waals surface area contributed by atoms with Gasteiger partial charge in [0.2, 0.25) is 5.75 Å². The summed E-state index contributed by atoms with van der Waals surface area (Å²) in [7, 11) is 6.33. The molecule has 0 aliphatic carbocycles. The predicted molar refractivity (Wildman–Crippen MR) is 147 cm³/mol. The molecule has 0 unspecified atom stereocenters. The van der Waals surface area contributed by atoms with E-state index < -0.39 is 0 Å². The Balaban J connectivity index is 1.51. The Morgan fingerprint density at radius 2 is 1.54 bits per heavy atom. The van der Waals surface area contributed by atoms with E-state index in [1.165, 1.54) is 6.08 Å². The van der Waals surface area contributed by atoms with E-state index in [4.69, 9.17) is 30.5 Å². The highest BCUT2D eigenvalue weighted by Gasteiger charge is 2.15. The minimum atomic E-state index is -0.117. The van der Waals surface area contributed by atoms with Crippen LogP contribution < -0.4 is 24.3 Å². The summed E-state index contributed by atoms with van der Waals surface area (Å²) in [5.41, 5.74) is 4.22. The Hall–Kier alpha value is -4.10. The Labute approximate surface area is 221 Å². The van der Waals surface area contributed by atoms with Crippen LogP contribution in [-0.2, 0) is 12.8 Å². The van der Waals surface area contributed by atoms with E-state index >= 15 is 0 Å². The summed E-state index contributed by atoms with van der Waals surface area (Å²) in [4.78, 5) is 15.9. The van der Waals surface area contributed by atoms with Crippen LogP contribution >= 0.6 is 11.6 Å². The van der Waals surface area contributed by atoms with E-state index in [1.54, 1.807) is 40.8 Å². The van der Waals surface area contributed by atoms with E-state index in [2.05, 4.69) is 10.3 Å². The van der Waals surface area contributed by atoms with Crippen molar-refractivity contribution in [2.75, 3.05) is 33.8 Å². The SMILES string of the molecule is COc1cc(CCc2cc(Cl)c(OC)c(N/C=C\C(=O)c3c[nH]c4ccccc34)c2)cc(OC)c1OC. The number of aryl methyl sites for hydroxylation is 2. The van der Waals surface area contributed by atoms with Gasteiger partial charge in [-0.25, -0.2) is 0 Å². The first-order chi connectivity index (χ1) is 18.0. The predicted octanol–water partition coefficient (Wildman–Crippen LogP) is 6.45. The lowest BCUT2D eigenvalue weighted by molar-refractivity contribution is 0.104. The molecule has 0 amide bonds. The number of para-hydroxylation sites is 1. The Bertz CT molecular complexity index is 1420. The third-order valence-corrected chi connectivity index (χ3v) is 6.34. The van der Waals surface area contributed by atoms with Gasteiger partial charge in [0.15, 0.2) is 23.0 Å². The second-order valence-corrected chi connectivity index (χ2v) is 8.69. The average molecular weight is 521 g/mol. The second kappa shape index (κ2) is 11.8. The van der Waals surface area contributed by atoms with Gasteiger partial charge in [-0.05, 0) is 54.3 Å². The standard InChI is InChI=1S/C29H29ClN2O5/c1-34-26-15-19(16-27(35-2)29(26)37-4)10-9-18-13-22(30)28(36-3)24(14-18)31-12-11-25(33)21-17-32-23-8-6-5-7-20(21)23/h5-8,11-17,31-32H,9-10H2,1-4H3/b12-11-. The third kappa shape index (κ3) is 5.67. The lowest BCUT2D eigenvalue weighted by Gasteiger charge is -2.15. The minimum Gasteiger partial charge on any atom is -0.493 e. The number of hydrogen-bond donors (Lipinski definition) is 2. The van der Waals surface area contributed by atoms with E-state index in [0.717, 1.165) is 22.0 Å². The van der Waals surface area contributed by atoms with Crippen molar-refractivity contribution < 1.29 is 23.7 Å². The molecule has 0 spiro atoms. The molecule has 0 saturated carbocycles. The van der Waals surface area contributed by atoms with Crippen LogP contribution in [-0.4, -0.2) is 39.2 Å². The van der Waals surface area contributed by atoms with Crippen LogP contribution in [0.1, 0.15) is 21.5 Å². The first kappa shape index (κ1) is 26.0. The van der Waals surface area contributed by atoms with E-state index in [0.29, 0.717) is 52.1 Å².